The van der Waals surface area contributed by atoms with Gasteiger partial charge in [0.2, 0.25) is 0 Å². The molecule has 4 nitrogen and oxygen atoms in total. The zero-order valence-corrected chi connectivity index (χ0v) is 11.3. The smallest absolute Gasteiger partial charge is 0.391 e. The molecule has 0 spiro atoms. The van der Waals surface area contributed by atoms with Crippen molar-refractivity contribution in [1.29, 1.82) is 0 Å². The Morgan fingerprint density at radius 1 is 1.38 bits per heavy atom. The molecule has 0 fully saturated rings. The Hall–Kier alpha value is -2.02. The number of halogens is 3. The Labute approximate surface area is 119 Å². The lowest BCUT2D eigenvalue weighted by molar-refractivity contribution is -0.146. The molecule has 0 bridgehead atoms. The van der Waals surface area contributed by atoms with E-state index in [0.29, 0.717) is 16.9 Å². The quantitative estimate of drug-likeness (QED) is 0.620. The van der Waals surface area contributed by atoms with Gasteiger partial charge in [-0.2, -0.15) is 13.2 Å². The summed E-state index contributed by atoms with van der Waals surface area (Å²) in [6.07, 6.45) is -3.00. The highest BCUT2D eigenvalue weighted by atomic mass is 19.4. The fraction of sp³-hybridized carbons (Fsp3) is 0.357. The van der Waals surface area contributed by atoms with Crippen LogP contribution in [-0.2, 0) is 16.1 Å². The molecule has 21 heavy (non-hydrogen) atoms. The fourth-order valence-corrected chi connectivity index (χ4v) is 1.53. The number of carboxylic acids is 1. The molecular formula is C14H15F3O4. The minimum absolute atomic E-state index is 0.0629. The van der Waals surface area contributed by atoms with E-state index in [9.17, 15) is 18.0 Å². The Morgan fingerprint density at radius 3 is 2.67 bits per heavy atom. The fourth-order valence-electron chi connectivity index (χ4n) is 1.53. The average molecular weight is 304 g/mol. The highest BCUT2D eigenvalue weighted by Gasteiger charge is 2.26. The van der Waals surface area contributed by atoms with Crippen LogP contribution >= 0.6 is 0 Å². The van der Waals surface area contributed by atoms with Crippen molar-refractivity contribution in [3.8, 4) is 5.75 Å². The number of hydrogen-bond acceptors (Lipinski definition) is 3. The molecule has 0 aromatic heterocycles. The van der Waals surface area contributed by atoms with Crippen molar-refractivity contribution in [2.45, 2.75) is 19.2 Å². The SMILES string of the molecule is COc1ccc(/C=C/C(=O)O)c(COCCC(F)(F)F)c1. The van der Waals surface area contributed by atoms with Gasteiger partial charge in [0.1, 0.15) is 5.75 Å². The second-order valence-electron chi connectivity index (χ2n) is 4.15. The number of hydrogen-bond donors (Lipinski definition) is 1. The molecule has 0 aliphatic carbocycles. The van der Waals surface area contributed by atoms with Gasteiger partial charge in [0.25, 0.3) is 0 Å². The zero-order chi connectivity index (χ0) is 15.9. The molecule has 0 aliphatic rings. The largest absolute Gasteiger partial charge is 0.497 e. The maximum atomic E-state index is 12.0. The maximum absolute atomic E-state index is 12.0. The Balaban J connectivity index is 2.74. The van der Waals surface area contributed by atoms with Gasteiger partial charge in [0.15, 0.2) is 0 Å². The van der Waals surface area contributed by atoms with Crippen LogP contribution in [0.3, 0.4) is 0 Å². The number of rotatable bonds is 7. The third-order valence-corrected chi connectivity index (χ3v) is 2.54. The first-order valence-corrected chi connectivity index (χ1v) is 6.04. The molecule has 0 amide bonds. The molecule has 1 rings (SSSR count). The van der Waals surface area contributed by atoms with Gasteiger partial charge in [0.05, 0.1) is 26.7 Å². The van der Waals surface area contributed by atoms with E-state index in [4.69, 9.17) is 14.6 Å². The molecule has 1 N–H and O–H groups in total. The summed E-state index contributed by atoms with van der Waals surface area (Å²) in [5.41, 5.74) is 1.10. The van der Waals surface area contributed by atoms with Crippen LogP contribution in [0.5, 0.6) is 5.75 Å². The van der Waals surface area contributed by atoms with Crippen molar-refractivity contribution in [1.82, 2.24) is 0 Å². The summed E-state index contributed by atoms with van der Waals surface area (Å²) in [6.45, 7) is -0.518. The number of ether oxygens (including phenoxy) is 2. The van der Waals surface area contributed by atoms with Gasteiger partial charge in [-0.05, 0) is 29.3 Å². The molecule has 0 radical (unpaired) electrons. The second kappa shape index (κ2) is 7.68. The van der Waals surface area contributed by atoms with E-state index in [-0.39, 0.29) is 6.61 Å². The van der Waals surface area contributed by atoms with E-state index in [1.165, 1.54) is 13.2 Å². The monoisotopic (exact) mass is 304 g/mol. The number of carboxylic acid groups (broad SMARTS) is 1. The van der Waals surface area contributed by atoms with Crippen LogP contribution in [0, 0.1) is 0 Å². The van der Waals surface area contributed by atoms with Gasteiger partial charge in [-0.3, -0.25) is 0 Å². The lowest BCUT2D eigenvalue weighted by Crippen LogP contribution is -2.11. The number of benzene rings is 1. The van der Waals surface area contributed by atoms with E-state index in [1.807, 2.05) is 0 Å². The number of methoxy groups -OCH3 is 1. The van der Waals surface area contributed by atoms with Gasteiger partial charge < -0.3 is 14.6 Å². The lowest BCUT2D eigenvalue weighted by Gasteiger charge is -2.11. The first-order chi connectivity index (χ1) is 9.81. The van der Waals surface area contributed by atoms with Crippen LogP contribution in [0.1, 0.15) is 17.5 Å². The Morgan fingerprint density at radius 2 is 2.10 bits per heavy atom. The second-order valence-corrected chi connectivity index (χ2v) is 4.15. The molecule has 1 aromatic carbocycles. The third-order valence-electron chi connectivity index (χ3n) is 2.54. The summed E-state index contributed by atoms with van der Waals surface area (Å²) < 4.78 is 46.0. The molecule has 0 saturated heterocycles. The summed E-state index contributed by atoms with van der Waals surface area (Å²) in [5.74, 6) is -0.605. The van der Waals surface area contributed by atoms with E-state index < -0.39 is 25.2 Å². The van der Waals surface area contributed by atoms with E-state index >= 15 is 0 Å². The summed E-state index contributed by atoms with van der Waals surface area (Å²) in [7, 11) is 1.45. The molecule has 0 atom stereocenters. The summed E-state index contributed by atoms with van der Waals surface area (Å²) in [6, 6.07) is 4.83. The van der Waals surface area contributed by atoms with Gasteiger partial charge >= 0.3 is 12.1 Å². The van der Waals surface area contributed by atoms with Crippen LogP contribution in [0.25, 0.3) is 6.08 Å². The first-order valence-electron chi connectivity index (χ1n) is 6.04. The molecule has 7 heteroatoms. The Kier molecular flexibility index (Phi) is 6.23. The van der Waals surface area contributed by atoms with E-state index in [2.05, 4.69) is 0 Å². The molecule has 1 aromatic rings. The van der Waals surface area contributed by atoms with Gasteiger partial charge in [-0.25, -0.2) is 4.79 Å². The molecule has 0 saturated carbocycles. The van der Waals surface area contributed by atoms with Crippen molar-refractivity contribution in [2.24, 2.45) is 0 Å². The number of aliphatic carboxylic acids is 1. The molecular weight excluding hydrogens is 289 g/mol. The van der Waals surface area contributed by atoms with Crippen LogP contribution < -0.4 is 4.74 Å². The highest BCUT2D eigenvalue weighted by Crippen LogP contribution is 2.22. The number of alkyl halides is 3. The average Bonchev–Trinajstić information content (AvgIpc) is 2.40. The van der Waals surface area contributed by atoms with Crippen LogP contribution in [-0.4, -0.2) is 31.0 Å². The van der Waals surface area contributed by atoms with E-state index in [0.717, 1.165) is 6.08 Å². The third kappa shape index (κ3) is 6.80. The topological polar surface area (TPSA) is 55.8 Å². The van der Waals surface area contributed by atoms with Gasteiger partial charge in [-0.15, -0.1) is 0 Å². The van der Waals surface area contributed by atoms with Crippen molar-refractivity contribution < 1.29 is 32.5 Å². The summed E-state index contributed by atoms with van der Waals surface area (Å²) in [5, 5.41) is 8.60. The minimum Gasteiger partial charge on any atom is -0.497 e. The summed E-state index contributed by atoms with van der Waals surface area (Å²) >= 11 is 0. The van der Waals surface area contributed by atoms with Crippen LogP contribution in [0.2, 0.25) is 0 Å². The predicted octanol–water partition coefficient (Wildman–Crippen LogP) is 3.26. The van der Waals surface area contributed by atoms with Crippen molar-refractivity contribution in [2.75, 3.05) is 13.7 Å². The highest BCUT2D eigenvalue weighted by molar-refractivity contribution is 5.85. The lowest BCUT2D eigenvalue weighted by atomic mass is 10.1. The maximum Gasteiger partial charge on any atom is 0.391 e. The predicted molar refractivity (Wildman–Crippen MR) is 70.0 cm³/mol. The van der Waals surface area contributed by atoms with Crippen molar-refractivity contribution in [3.05, 3.63) is 35.4 Å². The van der Waals surface area contributed by atoms with Crippen LogP contribution in [0.4, 0.5) is 13.2 Å². The molecule has 0 aliphatic heterocycles. The van der Waals surface area contributed by atoms with Crippen molar-refractivity contribution >= 4 is 12.0 Å². The Bertz CT molecular complexity index is 509. The molecule has 0 unspecified atom stereocenters. The first kappa shape index (κ1) is 17.0. The minimum atomic E-state index is -4.26. The zero-order valence-electron chi connectivity index (χ0n) is 11.3. The normalized spacial score (nSPS) is 11.8. The number of carbonyl (C=O) groups is 1. The van der Waals surface area contributed by atoms with Crippen LogP contribution in [0.15, 0.2) is 24.3 Å². The standard InChI is InChI=1S/C14H15F3O4/c1-20-12-4-2-10(3-5-13(18)19)11(8-12)9-21-7-6-14(15,16)17/h2-5,8H,6-7,9H2,1H3,(H,18,19)/b5-3+. The molecule has 116 valence electrons. The van der Waals surface area contributed by atoms with Crippen molar-refractivity contribution in [3.63, 3.8) is 0 Å². The molecule has 0 heterocycles. The van der Waals surface area contributed by atoms with Gasteiger partial charge in [-0.1, -0.05) is 6.07 Å². The summed E-state index contributed by atoms with van der Waals surface area (Å²) in [4.78, 5) is 10.5. The van der Waals surface area contributed by atoms with E-state index in [1.54, 1.807) is 18.2 Å². The van der Waals surface area contributed by atoms with Gasteiger partial charge in [0, 0.05) is 6.08 Å².